The predicted molar refractivity (Wildman–Crippen MR) is 73.8 cm³/mol. The minimum absolute atomic E-state index is 0.323. The summed E-state index contributed by atoms with van der Waals surface area (Å²) in [7, 11) is -4.68. The summed E-state index contributed by atoms with van der Waals surface area (Å²) in [5.74, 6) is 0. The molecular formula is C12H18N2O7P+. The molecule has 9 nitrogen and oxygen atoms in total. The molecule has 0 amide bonds. The predicted octanol–water partition coefficient (Wildman–Crippen LogP) is -1.37. The molecule has 0 aliphatic carbocycles. The molecule has 0 spiro atoms. The van der Waals surface area contributed by atoms with Crippen LogP contribution >= 0.6 is 7.82 Å². The maximum atomic E-state index is 10.7. The highest BCUT2D eigenvalue weighted by molar-refractivity contribution is 7.46. The Balaban J connectivity index is 2.14. The molecule has 22 heavy (non-hydrogen) atoms. The van der Waals surface area contributed by atoms with Gasteiger partial charge in [-0.05, 0) is 6.07 Å². The van der Waals surface area contributed by atoms with Crippen LogP contribution in [0.3, 0.4) is 0 Å². The van der Waals surface area contributed by atoms with Crippen LogP contribution in [0.15, 0.2) is 31.1 Å². The van der Waals surface area contributed by atoms with Gasteiger partial charge in [0.1, 0.15) is 12.2 Å². The van der Waals surface area contributed by atoms with E-state index in [4.69, 9.17) is 20.3 Å². The first-order valence-corrected chi connectivity index (χ1v) is 7.89. The lowest BCUT2D eigenvalue weighted by atomic mass is 10.1. The molecule has 0 aromatic carbocycles. The summed E-state index contributed by atoms with van der Waals surface area (Å²) >= 11 is 0. The lowest BCUT2D eigenvalue weighted by Crippen LogP contribution is -2.46. The summed E-state index contributed by atoms with van der Waals surface area (Å²) in [6.45, 7) is 3.05. The third-order valence-corrected chi connectivity index (χ3v) is 3.72. The van der Waals surface area contributed by atoms with Crippen LogP contribution in [0.25, 0.3) is 5.70 Å². The van der Waals surface area contributed by atoms with Gasteiger partial charge in [-0.15, -0.1) is 0 Å². The quantitative estimate of drug-likeness (QED) is 0.328. The first-order valence-electron chi connectivity index (χ1n) is 6.36. The highest BCUT2D eigenvalue weighted by Gasteiger charge is 2.48. The van der Waals surface area contributed by atoms with E-state index < -0.39 is 39.0 Å². The van der Waals surface area contributed by atoms with Crippen molar-refractivity contribution in [3.8, 4) is 0 Å². The summed E-state index contributed by atoms with van der Waals surface area (Å²) in [6.07, 6.45) is -1.50. The van der Waals surface area contributed by atoms with Crippen molar-refractivity contribution in [3.63, 3.8) is 0 Å². The number of nitrogens with two attached hydrogens (primary N) is 1. The van der Waals surface area contributed by atoms with E-state index in [0.717, 1.165) is 0 Å². The summed E-state index contributed by atoms with van der Waals surface area (Å²) in [5, 5.41) is 19.9. The zero-order chi connectivity index (χ0) is 16.5. The highest BCUT2D eigenvalue weighted by Crippen LogP contribution is 2.37. The Labute approximate surface area is 126 Å². The first-order chi connectivity index (χ1) is 10.2. The average Bonchev–Trinajstić information content (AvgIpc) is 2.72. The van der Waals surface area contributed by atoms with Gasteiger partial charge in [-0.25, -0.2) is 4.57 Å². The number of hydrogen-bond acceptors (Lipinski definition) is 6. The summed E-state index contributed by atoms with van der Waals surface area (Å²) in [6, 6.07) is 3.38. The van der Waals surface area contributed by atoms with Gasteiger partial charge in [-0.1, -0.05) is 6.58 Å². The highest BCUT2D eigenvalue weighted by atomic mass is 31.2. The lowest BCUT2D eigenvalue weighted by molar-refractivity contribution is -0.765. The number of pyridine rings is 1. The molecule has 122 valence electrons. The van der Waals surface area contributed by atoms with Gasteiger partial charge in [0.2, 0.25) is 0 Å². The summed E-state index contributed by atoms with van der Waals surface area (Å²) in [5.41, 5.74) is 6.54. The molecule has 4 atom stereocenters. The van der Waals surface area contributed by atoms with Crippen molar-refractivity contribution in [1.82, 2.24) is 0 Å². The maximum Gasteiger partial charge on any atom is 0.469 e. The van der Waals surface area contributed by atoms with Crippen molar-refractivity contribution in [1.29, 1.82) is 0 Å². The average molecular weight is 333 g/mol. The molecule has 0 radical (unpaired) electrons. The van der Waals surface area contributed by atoms with Gasteiger partial charge < -0.3 is 30.5 Å². The molecule has 1 fully saturated rings. The fraction of sp³-hybridized carbons (Fsp3) is 0.417. The van der Waals surface area contributed by atoms with Crippen LogP contribution in [0.4, 0.5) is 0 Å². The number of ether oxygens (including phenoxy) is 1. The number of nitrogens with zero attached hydrogens (tertiary/aromatic N) is 1. The summed E-state index contributed by atoms with van der Waals surface area (Å²) < 4.78 is 21.9. The van der Waals surface area contributed by atoms with Gasteiger partial charge in [0, 0.05) is 11.8 Å². The van der Waals surface area contributed by atoms with Crippen LogP contribution in [0.1, 0.15) is 11.8 Å². The monoisotopic (exact) mass is 333 g/mol. The van der Waals surface area contributed by atoms with E-state index in [1.165, 1.54) is 4.57 Å². The first kappa shape index (κ1) is 17.0. The molecule has 2 rings (SSSR count). The molecular weight excluding hydrogens is 315 g/mol. The molecule has 1 aromatic heterocycles. The van der Waals surface area contributed by atoms with Crippen LogP contribution in [0.2, 0.25) is 0 Å². The van der Waals surface area contributed by atoms with Crippen molar-refractivity contribution < 1.29 is 38.4 Å². The smallest absolute Gasteiger partial charge is 0.399 e. The molecule has 0 bridgehead atoms. The SMILES string of the molecule is C=C(N)c1ccc[n+](C2O[C@H](COP(=O)(O)O)[C@@H](O)[C@H]2O)c1. The van der Waals surface area contributed by atoms with Crippen LogP contribution in [-0.2, 0) is 13.8 Å². The molecule has 1 aliphatic heterocycles. The van der Waals surface area contributed by atoms with Gasteiger partial charge in [0.25, 0.3) is 6.23 Å². The van der Waals surface area contributed by atoms with Crippen LogP contribution < -0.4 is 10.3 Å². The Kier molecular flexibility index (Phi) is 4.98. The van der Waals surface area contributed by atoms with E-state index >= 15 is 0 Å². The topological polar surface area (TPSA) is 146 Å². The fourth-order valence-corrected chi connectivity index (χ4v) is 2.47. The van der Waals surface area contributed by atoms with E-state index in [0.29, 0.717) is 11.3 Å². The van der Waals surface area contributed by atoms with E-state index in [2.05, 4.69) is 11.1 Å². The number of aliphatic hydroxyl groups excluding tert-OH is 2. The molecule has 0 saturated carbocycles. The van der Waals surface area contributed by atoms with E-state index in [1.807, 2.05) is 0 Å². The van der Waals surface area contributed by atoms with E-state index in [-0.39, 0.29) is 0 Å². The van der Waals surface area contributed by atoms with Crippen molar-refractivity contribution >= 4 is 13.5 Å². The number of phosphoric ester groups is 1. The third-order valence-electron chi connectivity index (χ3n) is 3.23. The van der Waals surface area contributed by atoms with Gasteiger partial charge in [0.15, 0.2) is 18.5 Å². The van der Waals surface area contributed by atoms with E-state index in [1.54, 1.807) is 24.5 Å². The number of hydrogen-bond donors (Lipinski definition) is 5. The second-order valence-corrected chi connectivity index (χ2v) is 6.14. The van der Waals surface area contributed by atoms with Crippen molar-refractivity contribution in [2.24, 2.45) is 5.73 Å². The van der Waals surface area contributed by atoms with Gasteiger partial charge >= 0.3 is 7.82 Å². The van der Waals surface area contributed by atoms with Crippen molar-refractivity contribution in [2.45, 2.75) is 24.5 Å². The normalized spacial score (nSPS) is 28.7. The number of aliphatic hydroxyl groups is 2. The molecule has 1 aliphatic rings. The molecule has 1 aromatic rings. The Morgan fingerprint density at radius 3 is 2.73 bits per heavy atom. The number of phosphoric acid groups is 1. The molecule has 6 N–H and O–H groups in total. The van der Waals surface area contributed by atoms with Crippen molar-refractivity contribution in [3.05, 3.63) is 36.7 Å². The van der Waals surface area contributed by atoms with Gasteiger partial charge in [-0.3, -0.25) is 4.52 Å². The van der Waals surface area contributed by atoms with Crippen LogP contribution in [-0.4, -0.2) is 44.9 Å². The molecule has 10 heteroatoms. The molecule has 2 heterocycles. The standard InChI is InChI=1S/C12H17N2O7P/c1-7(13)8-3-2-4-14(5-8)12-11(16)10(15)9(21-12)6-20-22(17,18)19/h2-5,9-12,15-16H,1,6,13H2,(H-,17,18,19)/p+1/t9-,10-,11-,12?/m1/s1. The Morgan fingerprint density at radius 2 is 2.14 bits per heavy atom. The largest absolute Gasteiger partial charge is 0.469 e. The van der Waals surface area contributed by atoms with Crippen LogP contribution in [0.5, 0.6) is 0 Å². The Hall–Kier alpha value is -1.32. The Morgan fingerprint density at radius 1 is 1.45 bits per heavy atom. The second-order valence-electron chi connectivity index (χ2n) is 4.90. The Bertz CT molecular complexity index is 605. The third kappa shape index (κ3) is 3.90. The zero-order valence-corrected chi connectivity index (χ0v) is 12.4. The minimum atomic E-state index is -4.68. The number of aromatic nitrogens is 1. The maximum absolute atomic E-state index is 10.7. The summed E-state index contributed by atoms with van der Waals surface area (Å²) in [4.78, 5) is 17.3. The molecule has 1 unspecified atom stereocenters. The van der Waals surface area contributed by atoms with Crippen LogP contribution in [0, 0.1) is 0 Å². The number of rotatable bonds is 5. The second kappa shape index (κ2) is 6.43. The lowest BCUT2D eigenvalue weighted by Gasteiger charge is -2.13. The zero-order valence-electron chi connectivity index (χ0n) is 11.5. The van der Waals surface area contributed by atoms with Gasteiger partial charge in [0.05, 0.1) is 12.2 Å². The van der Waals surface area contributed by atoms with E-state index in [9.17, 15) is 14.8 Å². The van der Waals surface area contributed by atoms with Crippen molar-refractivity contribution in [2.75, 3.05) is 6.61 Å². The molecule has 1 saturated heterocycles. The fourth-order valence-electron chi connectivity index (χ4n) is 2.12. The minimum Gasteiger partial charge on any atom is -0.399 e. The van der Waals surface area contributed by atoms with Gasteiger partial charge in [-0.2, -0.15) is 4.57 Å².